The number of nitrogens with zero attached hydrogens (tertiary/aromatic N) is 3. The summed E-state index contributed by atoms with van der Waals surface area (Å²) in [5.41, 5.74) is 1.64. The summed E-state index contributed by atoms with van der Waals surface area (Å²) in [6, 6.07) is 4.89. The van der Waals surface area contributed by atoms with Crippen molar-refractivity contribution >= 4 is 23.3 Å². The second-order valence-corrected chi connectivity index (χ2v) is 8.09. The fourth-order valence-electron chi connectivity index (χ4n) is 3.99. The number of carbonyl (C=O) groups excluding carboxylic acids is 1. The summed E-state index contributed by atoms with van der Waals surface area (Å²) in [4.78, 5) is 14.5. The van der Waals surface area contributed by atoms with Crippen LogP contribution in [-0.2, 0) is 0 Å². The van der Waals surface area contributed by atoms with Crippen molar-refractivity contribution in [1.82, 2.24) is 14.7 Å². The van der Waals surface area contributed by atoms with Gasteiger partial charge in [0.05, 0.1) is 6.04 Å². The van der Waals surface area contributed by atoms with Crippen LogP contribution in [0.3, 0.4) is 0 Å². The number of halogens is 4. The molecule has 1 N–H and O–H groups in total. The third kappa shape index (κ3) is 3.82. The van der Waals surface area contributed by atoms with Gasteiger partial charge in [-0.25, -0.2) is 4.68 Å². The van der Waals surface area contributed by atoms with E-state index in [1.54, 1.807) is 17.0 Å². The number of alkyl halides is 3. The highest BCUT2D eigenvalue weighted by atomic mass is 35.5. The normalized spacial score (nSPS) is 22.2. The Kier molecular flexibility index (Phi) is 5.23. The van der Waals surface area contributed by atoms with E-state index in [9.17, 15) is 18.0 Å². The number of carbonyl (C=O) groups is 1. The molecule has 0 spiro atoms. The summed E-state index contributed by atoms with van der Waals surface area (Å²) in [7, 11) is 0. The summed E-state index contributed by atoms with van der Waals surface area (Å²) in [6.45, 7) is 3.06. The molecule has 0 bridgehead atoms. The van der Waals surface area contributed by atoms with Crippen molar-refractivity contribution in [3.63, 3.8) is 0 Å². The molecule has 4 rings (SSSR count). The van der Waals surface area contributed by atoms with Gasteiger partial charge in [-0.2, -0.15) is 18.3 Å². The Hall–Kier alpha value is -2.22. The summed E-state index contributed by atoms with van der Waals surface area (Å²) < 4.78 is 42.4. The Morgan fingerprint density at radius 1 is 1.17 bits per heavy atom. The lowest BCUT2D eigenvalue weighted by atomic mass is 9.96. The van der Waals surface area contributed by atoms with Crippen LogP contribution in [0.2, 0.25) is 5.02 Å². The fraction of sp³-hybridized carbons (Fsp3) is 0.500. The molecule has 0 aliphatic carbocycles. The summed E-state index contributed by atoms with van der Waals surface area (Å²) in [5, 5.41) is 7.06. The molecule has 29 heavy (non-hydrogen) atoms. The summed E-state index contributed by atoms with van der Waals surface area (Å²) in [5.74, 6) is -0.364. The molecule has 156 valence electrons. The number of nitrogens with one attached hydrogen (secondary N) is 1. The molecular weight excluding hydrogens is 405 g/mol. The molecule has 1 fully saturated rings. The lowest BCUT2D eigenvalue weighted by Gasteiger charge is -2.33. The van der Waals surface area contributed by atoms with E-state index in [0.717, 1.165) is 35.1 Å². The second-order valence-electron chi connectivity index (χ2n) is 7.71. The zero-order valence-electron chi connectivity index (χ0n) is 16.0. The molecule has 2 aliphatic heterocycles. The maximum Gasteiger partial charge on any atom is 0.410 e. The molecule has 1 saturated heterocycles. The molecule has 0 unspecified atom stereocenters. The molecule has 2 aliphatic rings. The molecule has 1 aromatic carbocycles. The quantitative estimate of drug-likeness (QED) is 0.724. The van der Waals surface area contributed by atoms with E-state index in [0.29, 0.717) is 13.1 Å². The molecule has 5 nitrogen and oxygen atoms in total. The maximum absolute atomic E-state index is 13.8. The SMILES string of the molecule is Cc1ccc([C@@H]2C[C@H](C(F)(F)F)n3nc(C(=O)N4CCCCC4)c(Cl)c3N2)cc1. The average Bonchev–Trinajstić information content (AvgIpc) is 3.04. The molecule has 2 aromatic rings. The Morgan fingerprint density at radius 2 is 1.83 bits per heavy atom. The third-order valence-corrected chi connectivity index (χ3v) is 5.98. The number of fused-ring (bicyclic) bond motifs is 1. The highest BCUT2D eigenvalue weighted by Crippen LogP contribution is 2.46. The van der Waals surface area contributed by atoms with Crippen LogP contribution in [0.4, 0.5) is 19.0 Å². The predicted molar refractivity (Wildman–Crippen MR) is 104 cm³/mol. The molecular formula is C20H22ClF3N4O. The van der Waals surface area contributed by atoms with E-state index >= 15 is 0 Å². The van der Waals surface area contributed by atoms with Gasteiger partial charge in [-0.1, -0.05) is 41.4 Å². The molecule has 3 heterocycles. The van der Waals surface area contributed by atoms with Crippen LogP contribution in [0.25, 0.3) is 0 Å². The van der Waals surface area contributed by atoms with Crippen LogP contribution in [0.15, 0.2) is 24.3 Å². The minimum atomic E-state index is -4.51. The Balaban J connectivity index is 1.71. The second kappa shape index (κ2) is 7.55. The van der Waals surface area contributed by atoms with Crippen LogP contribution < -0.4 is 5.32 Å². The summed E-state index contributed by atoms with van der Waals surface area (Å²) in [6.07, 6.45) is -1.96. The number of anilines is 1. The largest absolute Gasteiger partial charge is 0.410 e. The van der Waals surface area contributed by atoms with Crippen LogP contribution in [0, 0.1) is 6.92 Å². The van der Waals surface area contributed by atoms with Gasteiger partial charge in [0.2, 0.25) is 0 Å². The predicted octanol–water partition coefficient (Wildman–Crippen LogP) is 5.13. The minimum absolute atomic E-state index is 0.0474. The zero-order chi connectivity index (χ0) is 20.8. The van der Waals surface area contributed by atoms with Gasteiger partial charge in [0.15, 0.2) is 11.7 Å². The van der Waals surface area contributed by atoms with Crippen LogP contribution in [0.1, 0.15) is 59.4 Å². The highest BCUT2D eigenvalue weighted by molar-refractivity contribution is 6.36. The first-order valence-electron chi connectivity index (χ1n) is 9.73. The average molecular weight is 427 g/mol. The van der Waals surface area contributed by atoms with Crippen molar-refractivity contribution < 1.29 is 18.0 Å². The lowest BCUT2D eigenvalue weighted by molar-refractivity contribution is -0.173. The van der Waals surface area contributed by atoms with E-state index in [4.69, 9.17) is 11.6 Å². The van der Waals surface area contributed by atoms with Crippen molar-refractivity contribution in [2.24, 2.45) is 0 Å². The van der Waals surface area contributed by atoms with E-state index in [1.165, 1.54) is 0 Å². The van der Waals surface area contributed by atoms with Crippen molar-refractivity contribution in [3.05, 3.63) is 46.1 Å². The van der Waals surface area contributed by atoms with Gasteiger partial charge in [0.1, 0.15) is 10.8 Å². The van der Waals surface area contributed by atoms with E-state index in [-0.39, 0.29) is 23.0 Å². The highest BCUT2D eigenvalue weighted by Gasteiger charge is 2.48. The fourth-order valence-corrected chi connectivity index (χ4v) is 4.25. The standard InChI is InChI=1S/C20H22ClF3N4O/c1-12-5-7-13(8-6-12)14-11-15(20(22,23)24)28-18(25-14)16(21)17(26-28)19(29)27-9-3-2-4-10-27/h5-8,14-15,25H,2-4,9-11H2,1H3/t14-,15+/m0/s1. The van der Waals surface area contributed by atoms with Gasteiger partial charge in [-0.3, -0.25) is 4.79 Å². The van der Waals surface area contributed by atoms with Gasteiger partial charge in [-0.05, 0) is 31.7 Å². The van der Waals surface area contributed by atoms with Gasteiger partial charge >= 0.3 is 6.18 Å². The first kappa shape index (κ1) is 20.1. The van der Waals surface area contributed by atoms with E-state index in [2.05, 4.69) is 10.4 Å². The maximum atomic E-state index is 13.8. The first-order chi connectivity index (χ1) is 13.8. The van der Waals surface area contributed by atoms with Crippen molar-refractivity contribution in [2.75, 3.05) is 18.4 Å². The monoisotopic (exact) mass is 426 g/mol. The van der Waals surface area contributed by atoms with Gasteiger partial charge in [-0.15, -0.1) is 0 Å². The number of aryl methyl sites for hydroxylation is 1. The molecule has 0 saturated carbocycles. The van der Waals surface area contributed by atoms with Crippen LogP contribution >= 0.6 is 11.6 Å². The molecule has 2 atom stereocenters. The Morgan fingerprint density at radius 3 is 2.45 bits per heavy atom. The number of likely N-dealkylation sites (tertiary alicyclic amines) is 1. The molecule has 1 amide bonds. The number of hydrogen-bond donors (Lipinski definition) is 1. The van der Waals surface area contributed by atoms with Gasteiger partial charge in [0.25, 0.3) is 5.91 Å². The number of amides is 1. The third-order valence-electron chi connectivity index (χ3n) is 5.62. The number of aromatic nitrogens is 2. The van der Waals surface area contributed by atoms with Gasteiger partial charge < -0.3 is 10.2 Å². The smallest absolute Gasteiger partial charge is 0.362 e. The van der Waals surface area contributed by atoms with E-state index < -0.39 is 24.2 Å². The summed E-state index contributed by atoms with van der Waals surface area (Å²) >= 11 is 6.39. The Bertz CT molecular complexity index is 904. The van der Waals surface area contributed by atoms with Crippen LogP contribution in [-0.4, -0.2) is 39.9 Å². The van der Waals surface area contributed by atoms with Crippen molar-refractivity contribution in [2.45, 2.75) is 50.9 Å². The van der Waals surface area contributed by atoms with Crippen LogP contribution in [0.5, 0.6) is 0 Å². The first-order valence-corrected chi connectivity index (χ1v) is 10.1. The number of rotatable bonds is 2. The van der Waals surface area contributed by atoms with Crippen molar-refractivity contribution in [1.29, 1.82) is 0 Å². The topological polar surface area (TPSA) is 50.2 Å². The lowest BCUT2D eigenvalue weighted by Crippen LogP contribution is -2.37. The number of hydrogen-bond acceptors (Lipinski definition) is 3. The minimum Gasteiger partial charge on any atom is -0.362 e. The Labute approximate surface area is 171 Å². The van der Waals surface area contributed by atoms with E-state index in [1.807, 2.05) is 19.1 Å². The molecule has 9 heteroatoms. The van der Waals surface area contributed by atoms with Crippen molar-refractivity contribution in [3.8, 4) is 0 Å². The van der Waals surface area contributed by atoms with Gasteiger partial charge in [0, 0.05) is 19.5 Å². The molecule has 1 aromatic heterocycles. The number of piperidine rings is 1. The molecule has 0 radical (unpaired) electrons. The number of benzene rings is 1. The zero-order valence-corrected chi connectivity index (χ0v) is 16.7.